The Labute approximate surface area is 132 Å². The summed E-state index contributed by atoms with van der Waals surface area (Å²) in [6, 6.07) is 6.24. The first-order valence-corrected chi connectivity index (χ1v) is 8.32. The van der Waals surface area contributed by atoms with E-state index in [1.807, 2.05) is 13.8 Å². The zero-order valence-corrected chi connectivity index (χ0v) is 13.6. The predicted octanol–water partition coefficient (Wildman–Crippen LogP) is 2.66. The highest BCUT2D eigenvalue weighted by atomic mass is 16.2. The number of unbranched alkanes of at least 4 members (excludes halogenated alkanes) is 1. The second-order valence-electron chi connectivity index (χ2n) is 6.04. The van der Waals surface area contributed by atoms with Crippen molar-refractivity contribution in [3.63, 3.8) is 0 Å². The maximum atomic E-state index is 11.9. The summed E-state index contributed by atoms with van der Waals surface area (Å²) in [5.74, 6) is -1.10. The number of aryl methyl sites for hydroxylation is 2. The third kappa shape index (κ3) is 4.33. The van der Waals surface area contributed by atoms with Gasteiger partial charge < -0.3 is 10.6 Å². The first-order chi connectivity index (χ1) is 10.6. The van der Waals surface area contributed by atoms with Crippen LogP contribution in [-0.4, -0.2) is 18.4 Å². The molecular formula is C18H26N2O2. The summed E-state index contributed by atoms with van der Waals surface area (Å²) in [6.07, 6.45) is 6.64. The van der Waals surface area contributed by atoms with Crippen molar-refractivity contribution in [1.29, 1.82) is 0 Å². The molecule has 0 spiro atoms. The number of amides is 2. The molecule has 1 aromatic rings. The lowest BCUT2D eigenvalue weighted by molar-refractivity contribution is -0.139. The molecule has 0 aliphatic heterocycles. The van der Waals surface area contributed by atoms with Crippen LogP contribution in [-0.2, 0) is 22.4 Å². The van der Waals surface area contributed by atoms with E-state index in [4.69, 9.17) is 0 Å². The summed E-state index contributed by atoms with van der Waals surface area (Å²) in [4.78, 5) is 23.6. The van der Waals surface area contributed by atoms with Crippen LogP contribution in [0.5, 0.6) is 0 Å². The number of hydrogen-bond acceptors (Lipinski definition) is 2. The number of carbonyl (C=O) groups excluding carboxylic acids is 2. The molecule has 22 heavy (non-hydrogen) atoms. The normalized spacial score (nSPS) is 14.8. The minimum Gasteiger partial charge on any atom is -0.348 e. The monoisotopic (exact) mass is 302 g/mol. The molecule has 2 rings (SSSR count). The number of hydrogen-bond donors (Lipinski definition) is 2. The number of carbonyl (C=O) groups is 2. The van der Waals surface area contributed by atoms with Crippen LogP contribution in [0.3, 0.4) is 0 Å². The summed E-state index contributed by atoms with van der Waals surface area (Å²) in [7, 11) is 0. The van der Waals surface area contributed by atoms with Gasteiger partial charge in [-0.05, 0) is 55.7 Å². The van der Waals surface area contributed by atoms with Gasteiger partial charge in [-0.1, -0.05) is 31.5 Å². The Balaban J connectivity index is 1.92. The lowest BCUT2D eigenvalue weighted by Crippen LogP contribution is -2.41. The van der Waals surface area contributed by atoms with E-state index >= 15 is 0 Å². The van der Waals surface area contributed by atoms with Crippen molar-refractivity contribution in [3.05, 3.63) is 34.9 Å². The molecule has 0 fully saturated rings. The van der Waals surface area contributed by atoms with Crippen LogP contribution >= 0.6 is 0 Å². The van der Waals surface area contributed by atoms with E-state index in [9.17, 15) is 9.59 Å². The van der Waals surface area contributed by atoms with E-state index < -0.39 is 11.8 Å². The Kier molecular flexibility index (Phi) is 5.99. The molecule has 1 unspecified atom stereocenters. The van der Waals surface area contributed by atoms with Gasteiger partial charge in [0.25, 0.3) is 0 Å². The number of nitrogens with one attached hydrogen (secondary N) is 2. The summed E-state index contributed by atoms with van der Waals surface area (Å²) < 4.78 is 0. The van der Waals surface area contributed by atoms with Crippen LogP contribution in [0.4, 0.5) is 0 Å². The Hall–Kier alpha value is -1.84. The molecule has 1 atom stereocenters. The van der Waals surface area contributed by atoms with Gasteiger partial charge in [-0.3, -0.25) is 9.59 Å². The Bertz CT molecular complexity index is 540. The minimum atomic E-state index is -0.554. The van der Waals surface area contributed by atoms with Crippen LogP contribution < -0.4 is 10.6 Å². The zero-order chi connectivity index (χ0) is 15.9. The molecule has 0 bridgehead atoms. The molecular weight excluding hydrogens is 276 g/mol. The van der Waals surface area contributed by atoms with Crippen molar-refractivity contribution < 1.29 is 9.59 Å². The highest BCUT2D eigenvalue weighted by Crippen LogP contribution is 2.24. The van der Waals surface area contributed by atoms with Gasteiger partial charge >= 0.3 is 11.8 Å². The van der Waals surface area contributed by atoms with Crippen molar-refractivity contribution >= 4 is 11.8 Å². The van der Waals surface area contributed by atoms with E-state index in [-0.39, 0.29) is 6.04 Å². The van der Waals surface area contributed by atoms with E-state index in [2.05, 4.69) is 28.8 Å². The van der Waals surface area contributed by atoms with Gasteiger partial charge in [0, 0.05) is 6.54 Å². The topological polar surface area (TPSA) is 58.2 Å². The Morgan fingerprint density at radius 2 is 1.86 bits per heavy atom. The first kappa shape index (κ1) is 16.5. The summed E-state index contributed by atoms with van der Waals surface area (Å²) in [5, 5.41) is 5.42. The quantitative estimate of drug-likeness (QED) is 0.649. The molecule has 1 aliphatic rings. The van der Waals surface area contributed by atoms with Gasteiger partial charge in [0.15, 0.2) is 0 Å². The van der Waals surface area contributed by atoms with Gasteiger partial charge in [0.1, 0.15) is 0 Å². The number of rotatable bonds is 5. The highest BCUT2D eigenvalue weighted by molar-refractivity contribution is 6.35. The highest BCUT2D eigenvalue weighted by Gasteiger charge is 2.18. The van der Waals surface area contributed by atoms with Crippen molar-refractivity contribution in [1.82, 2.24) is 10.6 Å². The summed E-state index contributed by atoms with van der Waals surface area (Å²) in [5.41, 5.74) is 3.87. The second-order valence-corrected chi connectivity index (χ2v) is 6.04. The van der Waals surface area contributed by atoms with Crippen LogP contribution in [0.2, 0.25) is 0 Å². The van der Waals surface area contributed by atoms with Gasteiger partial charge in [0.2, 0.25) is 0 Å². The lowest BCUT2D eigenvalue weighted by Gasteiger charge is -2.20. The minimum absolute atomic E-state index is 0.156. The number of benzene rings is 1. The fourth-order valence-corrected chi connectivity index (χ4v) is 2.83. The van der Waals surface area contributed by atoms with E-state index in [0.29, 0.717) is 6.54 Å². The fourth-order valence-electron chi connectivity index (χ4n) is 2.83. The molecule has 1 aliphatic carbocycles. The average molecular weight is 302 g/mol. The Morgan fingerprint density at radius 3 is 2.59 bits per heavy atom. The number of fused-ring (bicyclic) bond motifs is 1. The van der Waals surface area contributed by atoms with Crippen molar-refractivity contribution in [3.8, 4) is 0 Å². The van der Waals surface area contributed by atoms with Gasteiger partial charge in [-0.25, -0.2) is 0 Å². The maximum absolute atomic E-state index is 11.9. The zero-order valence-electron chi connectivity index (χ0n) is 13.6. The third-order valence-corrected chi connectivity index (χ3v) is 4.24. The summed E-state index contributed by atoms with van der Waals surface area (Å²) in [6.45, 7) is 4.52. The SMILES string of the molecule is CCCCNC(=O)C(=O)NC(C)c1ccc2c(c1)CCCC2. The molecule has 0 saturated heterocycles. The molecule has 0 heterocycles. The molecule has 0 aromatic heterocycles. The molecule has 0 saturated carbocycles. The molecule has 0 radical (unpaired) electrons. The average Bonchev–Trinajstić information content (AvgIpc) is 2.54. The largest absolute Gasteiger partial charge is 0.348 e. The van der Waals surface area contributed by atoms with Gasteiger partial charge in [-0.2, -0.15) is 0 Å². The molecule has 2 amide bonds. The smallest absolute Gasteiger partial charge is 0.309 e. The van der Waals surface area contributed by atoms with Gasteiger partial charge in [-0.15, -0.1) is 0 Å². The molecule has 2 N–H and O–H groups in total. The van der Waals surface area contributed by atoms with Crippen LogP contribution in [0.25, 0.3) is 0 Å². The van der Waals surface area contributed by atoms with Crippen LogP contribution in [0.15, 0.2) is 18.2 Å². The molecule has 4 nitrogen and oxygen atoms in total. The fraction of sp³-hybridized carbons (Fsp3) is 0.556. The standard InChI is InChI=1S/C18H26N2O2/c1-3-4-11-19-17(21)18(22)20-13(2)15-10-9-14-7-5-6-8-16(14)12-15/h9-10,12-13H,3-8,11H2,1-2H3,(H,19,21)(H,20,22). The summed E-state index contributed by atoms with van der Waals surface area (Å²) >= 11 is 0. The Morgan fingerprint density at radius 1 is 1.14 bits per heavy atom. The van der Waals surface area contributed by atoms with Crippen molar-refractivity contribution in [2.24, 2.45) is 0 Å². The lowest BCUT2D eigenvalue weighted by atomic mass is 9.89. The molecule has 120 valence electrons. The van der Waals surface area contributed by atoms with E-state index in [1.165, 1.54) is 24.0 Å². The van der Waals surface area contributed by atoms with Crippen LogP contribution in [0, 0.1) is 0 Å². The van der Waals surface area contributed by atoms with Crippen molar-refractivity contribution in [2.45, 2.75) is 58.4 Å². The molecule has 4 heteroatoms. The maximum Gasteiger partial charge on any atom is 0.309 e. The van der Waals surface area contributed by atoms with E-state index in [0.717, 1.165) is 31.2 Å². The molecule has 1 aromatic carbocycles. The first-order valence-electron chi connectivity index (χ1n) is 8.32. The third-order valence-electron chi connectivity index (χ3n) is 4.24. The van der Waals surface area contributed by atoms with E-state index in [1.54, 1.807) is 0 Å². The van der Waals surface area contributed by atoms with Crippen molar-refractivity contribution in [2.75, 3.05) is 6.54 Å². The predicted molar refractivity (Wildman–Crippen MR) is 87.6 cm³/mol. The second kappa shape index (κ2) is 7.97. The van der Waals surface area contributed by atoms with Gasteiger partial charge in [0.05, 0.1) is 6.04 Å². The van der Waals surface area contributed by atoms with Crippen LogP contribution in [0.1, 0.15) is 62.3 Å².